The van der Waals surface area contributed by atoms with Gasteiger partial charge in [-0.2, -0.15) is 0 Å². The molecule has 2 rings (SSSR count). The van der Waals surface area contributed by atoms with Gasteiger partial charge in [0.2, 0.25) is 5.91 Å². The molecule has 4 heteroatoms. The summed E-state index contributed by atoms with van der Waals surface area (Å²) in [5.74, 6) is 0.308. The van der Waals surface area contributed by atoms with Crippen molar-refractivity contribution in [1.82, 2.24) is 9.80 Å². The van der Waals surface area contributed by atoms with E-state index in [0.717, 1.165) is 39.0 Å². The molecule has 2 atom stereocenters. The molecular formula is C15H28N2O2. The van der Waals surface area contributed by atoms with Gasteiger partial charge in [0.05, 0.1) is 19.4 Å². The Kier molecular flexibility index (Phi) is 4.51. The molecule has 0 radical (unpaired) electrons. The zero-order valence-corrected chi connectivity index (χ0v) is 12.8. The summed E-state index contributed by atoms with van der Waals surface area (Å²) in [5.41, 5.74) is -0.0499. The molecule has 2 fully saturated rings. The summed E-state index contributed by atoms with van der Waals surface area (Å²) in [6.45, 7) is 11.8. The predicted molar refractivity (Wildman–Crippen MR) is 75.8 cm³/mol. The van der Waals surface area contributed by atoms with Gasteiger partial charge < -0.3 is 9.64 Å². The van der Waals surface area contributed by atoms with Crippen molar-refractivity contribution in [2.75, 3.05) is 26.4 Å². The summed E-state index contributed by atoms with van der Waals surface area (Å²) >= 11 is 0. The number of rotatable bonds is 3. The quantitative estimate of drug-likeness (QED) is 0.786. The molecule has 2 aliphatic heterocycles. The van der Waals surface area contributed by atoms with Gasteiger partial charge in [-0.3, -0.25) is 9.69 Å². The third-order valence-electron chi connectivity index (χ3n) is 4.33. The van der Waals surface area contributed by atoms with E-state index >= 15 is 0 Å². The van der Waals surface area contributed by atoms with E-state index in [0.29, 0.717) is 18.7 Å². The zero-order chi connectivity index (χ0) is 14.0. The lowest BCUT2D eigenvalue weighted by Crippen LogP contribution is -2.55. The lowest BCUT2D eigenvalue weighted by atomic mass is 9.84. The normalized spacial score (nSPS) is 26.9. The van der Waals surface area contributed by atoms with Gasteiger partial charge in [0, 0.05) is 19.1 Å². The maximum atomic E-state index is 13.0. The Bertz CT molecular complexity index is 319. The van der Waals surface area contributed by atoms with Crippen LogP contribution in [0.4, 0.5) is 0 Å². The first-order valence-corrected chi connectivity index (χ1v) is 7.57. The van der Waals surface area contributed by atoms with Crippen molar-refractivity contribution in [3.05, 3.63) is 0 Å². The monoisotopic (exact) mass is 268 g/mol. The third kappa shape index (κ3) is 3.11. The van der Waals surface area contributed by atoms with Crippen LogP contribution in [0.1, 0.15) is 47.0 Å². The largest absolute Gasteiger partial charge is 0.365 e. The number of carbonyl (C=O) groups is 1. The molecule has 2 heterocycles. The minimum Gasteiger partial charge on any atom is -0.365 e. The number of nitrogens with zero attached hydrogens (tertiary/aromatic N) is 2. The molecule has 4 nitrogen and oxygen atoms in total. The van der Waals surface area contributed by atoms with Crippen molar-refractivity contribution in [2.45, 2.75) is 59.0 Å². The van der Waals surface area contributed by atoms with Gasteiger partial charge in [0.25, 0.3) is 0 Å². The molecule has 0 spiro atoms. The number of ether oxygens (including phenoxy) is 1. The first kappa shape index (κ1) is 14.8. The molecule has 0 bridgehead atoms. The van der Waals surface area contributed by atoms with Gasteiger partial charge in [-0.25, -0.2) is 0 Å². The smallest absolute Gasteiger partial charge is 0.240 e. The van der Waals surface area contributed by atoms with E-state index in [1.165, 1.54) is 0 Å². The maximum Gasteiger partial charge on any atom is 0.240 e. The molecule has 0 aromatic carbocycles. The molecule has 1 amide bonds. The van der Waals surface area contributed by atoms with E-state index in [-0.39, 0.29) is 11.5 Å². The van der Waals surface area contributed by atoms with E-state index in [1.54, 1.807) is 0 Å². The van der Waals surface area contributed by atoms with Crippen LogP contribution in [-0.2, 0) is 9.53 Å². The van der Waals surface area contributed by atoms with Crippen molar-refractivity contribution in [3.8, 4) is 0 Å². The maximum absolute atomic E-state index is 13.0. The lowest BCUT2D eigenvalue weighted by Gasteiger charge is -2.39. The topological polar surface area (TPSA) is 32.8 Å². The Morgan fingerprint density at radius 3 is 2.63 bits per heavy atom. The molecule has 2 saturated heterocycles. The van der Waals surface area contributed by atoms with Gasteiger partial charge in [-0.05, 0) is 24.7 Å². The average molecular weight is 268 g/mol. The Morgan fingerprint density at radius 2 is 2.11 bits per heavy atom. The molecule has 110 valence electrons. The van der Waals surface area contributed by atoms with Crippen LogP contribution < -0.4 is 0 Å². The molecule has 0 aliphatic carbocycles. The van der Waals surface area contributed by atoms with E-state index < -0.39 is 0 Å². The summed E-state index contributed by atoms with van der Waals surface area (Å²) in [6, 6.07) is 0.392. The van der Waals surface area contributed by atoms with Crippen LogP contribution in [0.5, 0.6) is 0 Å². The summed E-state index contributed by atoms with van der Waals surface area (Å²) in [5, 5.41) is 0. The van der Waals surface area contributed by atoms with Gasteiger partial charge >= 0.3 is 0 Å². The first-order valence-electron chi connectivity index (χ1n) is 7.57. The van der Waals surface area contributed by atoms with Crippen LogP contribution in [-0.4, -0.2) is 54.2 Å². The van der Waals surface area contributed by atoms with Crippen LogP contribution in [0, 0.1) is 5.41 Å². The fourth-order valence-electron chi connectivity index (χ4n) is 3.41. The fraction of sp³-hybridized carbons (Fsp3) is 0.933. The highest BCUT2D eigenvalue weighted by atomic mass is 16.5. The van der Waals surface area contributed by atoms with Gasteiger partial charge in [0.1, 0.15) is 0 Å². The minimum absolute atomic E-state index is 0.0499. The molecule has 0 saturated carbocycles. The number of carbonyl (C=O) groups excluding carboxylic acids is 1. The van der Waals surface area contributed by atoms with E-state index in [9.17, 15) is 4.79 Å². The molecular weight excluding hydrogens is 240 g/mol. The van der Waals surface area contributed by atoms with Gasteiger partial charge in [-0.15, -0.1) is 0 Å². The molecule has 0 N–H and O–H groups in total. The van der Waals surface area contributed by atoms with Gasteiger partial charge in [0.15, 0.2) is 0 Å². The highest BCUT2D eigenvalue weighted by molar-refractivity contribution is 5.83. The van der Waals surface area contributed by atoms with Crippen LogP contribution in [0.3, 0.4) is 0 Å². The van der Waals surface area contributed by atoms with Crippen LogP contribution in [0.25, 0.3) is 0 Å². The SMILES string of the molecule is CCC1CCCN1C(=O)C(N1CCOC1)C(C)(C)C. The molecule has 19 heavy (non-hydrogen) atoms. The predicted octanol–water partition coefficient (Wildman–Crippen LogP) is 2.09. The second kappa shape index (κ2) is 5.80. The van der Waals surface area contributed by atoms with Crippen LogP contribution in [0.15, 0.2) is 0 Å². The van der Waals surface area contributed by atoms with E-state index in [4.69, 9.17) is 4.74 Å². The minimum atomic E-state index is -0.0536. The van der Waals surface area contributed by atoms with Crippen LogP contribution >= 0.6 is 0 Å². The summed E-state index contributed by atoms with van der Waals surface area (Å²) in [4.78, 5) is 17.3. The standard InChI is InChI=1S/C15H28N2O2/c1-5-12-7-6-8-17(12)14(18)13(15(2,3)4)16-9-10-19-11-16/h12-13H,5-11H2,1-4H3. The Balaban J connectivity index is 2.15. The molecule has 0 aromatic rings. The van der Waals surface area contributed by atoms with E-state index in [2.05, 4.69) is 37.5 Å². The molecule has 2 unspecified atom stereocenters. The van der Waals surface area contributed by atoms with Gasteiger partial charge in [-0.1, -0.05) is 27.7 Å². The Labute approximate surface area is 117 Å². The van der Waals surface area contributed by atoms with Crippen molar-refractivity contribution >= 4 is 5.91 Å². The highest BCUT2D eigenvalue weighted by Crippen LogP contribution is 2.30. The highest BCUT2D eigenvalue weighted by Gasteiger charge is 2.42. The van der Waals surface area contributed by atoms with Crippen molar-refractivity contribution < 1.29 is 9.53 Å². The number of amides is 1. The average Bonchev–Trinajstić information content (AvgIpc) is 2.97. The third-order valence-corrected chi connectivity index (χ3v) is 4.33. The van der Waals surface area contributed by atoms with Crippen LogP contribution in [0.2, 0.25) is 0 Å². The molecule has 0 aromatic heterocycles. The summed E-state index contributed by atoms with van der Waals surface area (Å²) in [6.07, 6.45) is 3.38. The van der Waals surface area contributed by atoms with Crippen molar-refractivity contribution in [1.29, 1.82) is 0 Å². The van der Waals surface area contributed by atoms with Crippen molar-refractivity contribution in [2.24, 2.45) is 5.41 Å². The first-order chi connectivity index (χ1) is 8.95. The lowest BCUT2D eigenvalue weighted by molar-refractivity contribution is -0.142. The summed E-state index contributed by atoms with van der Waals surface area (Å²) < 4.78 is 5.45. The van der Waals surface area contributed by atoms with E-state index in [1.807, 2.05) is 0 Å². The molecule has 2 aliphatic rings. The fourth-order valence-corrected chi connectivity index (χ4v) is 3.41. The number of likely N-dealkylation sites (tertiary alicyclic amines) is 1. The number of hydrogen-bond acceptors (Lipinski definition) is 3. The second-order valence-electron chi connectivity index (χ2n) is 6.85. The van der Waals surface area contributed by atoms with Crippen molar-refractivity contribution in [3.63, 3.8) is 0 Å². The second-order valence-corrected chi connectivity index (χ2v) is 6.85. The Morgan fingerprint density at radius 1 is 1.37 bits per heavy atom. The summed E-state index contributed by atoms with van der Waals surface area (Å²) in [7, 11) is 0. The number of hydrogen-bond donors (Lipinski definition) is 0. The Hall–Kier alpha value is -0.610. The zero-order valence-electron chi connectivity index (χ0n) is 12.8.